The summed E-state index contributed by atoms with van der Waals surface area (Å²) >= 11 is 0. The van der Waals surface area contributed by atoms with Crippen LogP contribution in [0.3, 0.4) is 0 Å². The van der Waals surface area contributed by atoms with Gasteiger partial charge in [0.1, 0.15) is 0 Å². The summed E-state index contributed by atoms with van der Waals surface area (Å²) in [6, 6.07) is 0. The smallest absolute Gasteiger partial charge is 0.414 e. The molecule has 0 bridgehead atoms. The van der Waals surface area contributed by atoms with Crippen molar-refractivity contribution in [3.05, 3.63) is 11.4 Å². The van der Waals surface area contributed by atoms with Crippen LogP contribution in [0.4, 0.5) is 0 Å². The van der Waals surface area contributed by atoms with E-state index >= 15 is 0 Å². The molecule has 0 N–H and O–H groups in total. The van der Waals surface area contributed by atoms with Crippen LogP contribution in [0.5, 0.6) is 0 Å². The summed E-state index contributed by atoms with van der Waals surface area (Å²) in [7, 11) is -18.4. The van der Waals surface area contributed by atoms with E-state index in [9.17, 15) is 0 Å². The van der Waals surface area contributed by atoms with E-state index in [1.165, 1.54) is 0 Å². The van der Waals surface area contributed by atoms with Crippen LogP contribution >= 0.6 is 0 Å². The summed E-state index contributed by atoms with van der Waals surface area (Å²) in [5, 5.41) is 0. The lowest BCUT2D eigenvalue weighted by Gasteiger charge is -2.43. The SMILES string of the molecule is C[Si](C)(C)O[Si](/C=C/[Si](O[Si](C)(C)C)(O[Si](C)(C)C)O[Si](C)(C)C)(O[Si](C)(C)C)O[Si](C)(C)C. The molecule has 0 saturated heterocycles. The third-order valence-electron chi connectivity index (χ3n) is 3.18. The second kappa shape index (κ2) is 11.5. The normalized spacial score (nSPS) is 15.9. The highest BCUT2D eigenvalue weighted by molar-refractivity contribution is 6.95. The molecule has 0 aromatic rings. The van der Waals surface area contributed by atoms with E-state index in [1.54, 1.807) is 0 Å². The van der Waals surface area contributed by atoms with Gasteiger partial charge in [-0.3, -0.25) is 0 Å². The Labute approximate surface area is 220 Å². The lowest BCUT2D eigenvalue weighted by molar-refractivity contribution is 0.262. The highest BCUT2D eigenvalue weighted by Gasteiger charge is 2.53. The highest BCUT2D eigenvalue weighted by Crippen LogP contribution is 2.31. The Balaban J connectivity index is 7.06. The van der Waals surface area contributed by atoms with Crippen LogP contribution in [0.25, 0.3) is 0 Å². The number of hydrogen-bond acceptors (Lipinski definition) is 6. The second-order valence-corrected chi connectivity index (χ2v) is 48.2. The summed E-state index contributed by atoms with van der Waals surface area (Å²) in [4.78, 5) is 0. The second-order valence-electron chi connectivity index (χ2n) is 14.8. The van der Waals surface area contributed by atoms with Gasteiger partial charge >= 0.3 is 17.6 Å². The molecule has 204 valence electrons. The van der Waals surface area contributed by atoms with E-state index in [0.717, 1.165) is 0 Å². The molecule has 0 aliphatic heterocycles. The van der Waals surface area contributed by atoms with Gasteiger partial charge in [-0.25, -0.2) is 0 Å². The first-order valence-electron chi connectivity index (χ1n) is 12.4. The first-order chi connectivity index (χ1) is 14.4. The van der Waals surface area contributed by atoms with Crippen molar-refractivity contribution in [1.29, 1.82) is 0 Å². The van der Waals surface area contributed by atoms with Crippen molar-refractivity contribution in [3.63, 3.8) is 0 Å². The molecule has 6 nitrogen and oxygen atoms in total. The van der Waals surface area contributed by atoms with Gasteiger partial charge in [0.15, 0.2) is 49.9 Å². The van der Waals surface area contributed by atoms with Crippen LogP contribution in [0.15, 0.2) is 11.4 Å². The first-order valence-corrected chi connectivity index (χ1v) is 36.4. The van der Waals surface area contributed by atoms with Crippen LogP contribution in [-0.2, 0) is 24.7 Å². The molecule has 0 saturated carbocycles. The number of hydrogen-bond donors (Lipinski definition) is 0. The summed E-state index contributed by atoms with van der Waals surface area (Å²) in [6.45, 7) is 39.6. The van der Waals surface area contributed by atoms with E-state index < -0.39 is 67.5 Å². The molecule has 0 aromatic heterocycles. The van der Waals surface area contributed by atoms with Crippen molar-refractivity contribution in [2.24, 2.45) is 0 Å². The molecule has 0 spiro atoms. The summed E-state index contributed by atoms with van der Waals surface area (Å²) in [5.74, 6) is 0. The maximum absolute atomic E-state index is 6.87. The van der Waals surface area contributed by atoms with Gasteiger partial charge in [0.05, 0.1) is 0 Å². The largest absolute Gasteiger partial charge is 0.497 e. The maximum Gasteiger partial charge on any atom is 0.497 e. The molecule has 0 aliphatic rings. The molecule has 34 heavy (non-hydrogen) atoms. The van der Waals surface area contributed by atoms with Crippen molar-refractivity contribution < 1.29 is 24.7 Å². The molecule has 0 unspecified atom stereocenters. The highest BCUT2D eigenvalue weighted by atomic mass is 28.5. The Kier molecular flexibility index (Phi) is 12.0. The Morgan fingerprint density at radius 3 is 0.471 bits per heavy atom. The summed E-state index contributed by atoms with van der Waals surface area (Å²) in [6.07, 6.45) is 0. The van der Waals surface area contributed by atoms with Gasteiger partial charge in [0.2, 0.25) is 0 Å². The zero-order valence-corrected chi connectivity index (χ0v) is 33.6. The van der Waals surface area contributed by atoms with Gasteiger partial charge in [0, 0.05) is 0 Å². The van der Waals surface area contributed by atoms with Gasteiger partial charge in [0.25, 0.3) is 0 Å². The Bertz CT molecular complexity index is 537. The zero-order valence-electron chi connectivity index (χ0n) is 25.6. The average molecular weight is 617 g/mol. The minimum absolute atomic E-state index is 2.01. The van der Waals surface area contributed by atoms with Crippen molar-refractivity contribution in [2.45, 2.75) is 118 Å². The fraction of sp³-hybridized carbons (Fsp3) is 0.900. The molecule has 0 amide bonds. The van der Waals surface area contributed by atoms with E-state index in [-0.39, 0.29) is 0 Å². The van der Waals surface area contributed by atoms with Crippen molar-refractivity contribution in [2.75, 3.05) is 0 Å². The molecule has 0 rings (SSSR count). The van der Waals surface area contributed by atoms with E-state index in [2.05, 4.69) is 129 Å². The molecule has 0 fully saturated rings. The molecule has 14 heteroatoms. The standard InChI is InChI=1S/C20H56O6Si8/c1-27(2,3)21-33(22-28(4,5)6,23-29(7,8)9)19-20-34(24-30(10,11)12,25-31(13,14)15)26-32(16,17)18/h19-20H,1-18H3/b20-19+. The molecule has 0 aromatic carbocycles. The van der Waals surface area contributed by atoms with Crippen LogP contribution < -0.4 is 0 Å². The summed E-state index contributed by atoms with van der Waals surface area (Å²) < 4.78 is 41.2. The molecule has 0 aliphatic carbocycles. The van der Waals surface area contributed by atoms with Crippen LogP contribution in [0.2, 0.25) is 118 Å². The predicted octanol–water partition coefficient (Wildman–Crippen LogP) is 7.61. The fourth-order valence-corrected chi connectivity index (χ4v) is 30.1. The zero-order chi connectivity index (χ0) is 27.7. The topological polar surface area (TPSA) is 55.4 Å². The van der Waals surface area contributed by atoms with Gasteiger partial charge in [-0.15, -0.1) is 0 Å². The average Bonchev–Trinajstić information content (AvgIpc) is 2.32. The van der Waals surface area contributed by atoms with Crippen molar-refractivity contribution >= 4 is 67.5 Å². The molecular formula is C20H56O6Si8. The summed E-state index contributed by atoms with van der Waals surface area (Å²) in [5.41, 5.74) is 4.18. The minimum Gasteiger partial charge on any atom is -0.414 e. The van der Waals surface area contributed by atoms with Crippen LogP contribution in [-0.4, -0.2) is 67.5 Å². The predicted molar refractivity (Wildman–Crippen MR) is 167 cm³/mol. The quantitative estimate of drug-likeness (QED) is 0.187. The van der Waals surface area contributed by atoms with Gasteiger partial charge in [-0.1, -0.05) is 0 Å². The van der Waals surface area contributed by atoms with Gasteiger partial charge in [-0.2, -0.15) is 0 Å². The van der Waals surface area contributed by atoms with Gasteiger partial charge in [-0.05, 0) is 129 Å². The van der Waals surface area contributed by atoms with E-state index in [1.807, 2.05) is 0 Å². The lowest BCUT2D eigenvalue weighted by atomic mass is 11.2. The fourth-order valence-electron chi connectivity index (χ4n) is 3.09. The van der Waals surface area contributed by atoms with Crippen molar-refractivity contribution in [3.8, 4) is 0 Å². The third kappa shape index (κ3) is 17.6. The Hall–Kier alpha value is 1.24. The monoisotopic (exact) mass is 616 g/mol. The first kappa shape index (κ1) is 35.2. The molecule has 0 heterocycles. The maximum atomic E-state index is 6.87. The number of rotatable bonds is 14. The van der Waals surface area contributed by atoms with Crippen molar-refractivity contribution in [1.82, 2.24) is 0 Å². The third-order valence-corrected chi connectivity index (χ3v) is 26.2. The van der Waals surface area contributed by atoms with Crippen LogP contribution in [0.1, 0.15) is 0 Å². The Morgan fingerprint density at radius 2 is 0.382 bits per heavy atom. The molecular weight excluding hydrogens is 561 g/mol. The molecule has 0 atom stereocenters. The lowest BCUT2D eigenvalue weighted by Crippen LogP contribution is -2.62. The minimum atomic E-state index is -3.19. The Morgan fingerprint density at radius 1 is 0.265 bits per heavy atom. The van der Waals surface area contributed by atoms with E-state index in [4.69, 9.17) is 24.7 Å². The molecule has 0 radical (unpaired) electrons. The van der Waals surface area contributed by atoms with Crippen LogP contribution in [0, 0.1) is 0 Å². The van der Waals surface area contributed by atoms with Gasteiger partial charge < -0.3 is 24.7 Å². The van der Waals surface area contributed by atoms with E-state index in [0.29, 0.717) is 0 Å².